The first-order valence-electron chi connectivity index (χ1n) is 8.55. The number of hydrogen-bond donors (Lipinski definition) is 0. The Labute approximate surface area is 144 Å². The maximum Gasteiger partial charge on any atom is 0.0718 e. The molecule has 24 heavy (non-hydrogen) atoms. The summed E-state index contributed by atoms with van der Waals surface area (Å²) in [7, 11) is 0. The smallest absolute Gasteiger partial charge is 0.0718 e. The van der Waals surface area contributed by atoms with Gasteiger partial charge in [-0.05, 0) is 65.3 Å². The molecule has 0 atom stereocenters. The molecule has 0 unspecified atom stereocenters. The van der Waals surface area contributed by atoms with Gasteiger partial charge in [0.2, 0.25) is 0 Å². The van der Waals surface area contributed by atoms with Gasteiger partial charge in [-0.3, -0.25) is 0 Å². The Balaban J connectivity index is 2.22. The van der Waals surface area contributed by atoms with E-state index in [4.69, 9.17) is 0 Å². The van der Waals surface area contributed by atoms with Crippen molar-refractivity contribution >= 4 is 0 Å². The van der Waals surface area contributed by atoms with Gasteiger partial charge in [-0.25, -0.2) is 0 Å². The Morgan fingerprint density at radius 3 is 1.79 bits per heavy atom. The van der Waals surface area contributed by atoms with Crippen LogP contribution in [-0.2, 0) is 5.41 Å². The van der Waals surface area contributed by atoms with Gasteiger partial charge >= 0.3 is 0 Å². The molecule has 0 saturated heterocycles. The van der Waals surface area contributed by atoms with Gasteiger partial charge in [-0.2, -0.15) is 0 Å². The Morgan fingerprint density at radius 2 is 1.29 bits per heavy atom. The van der Waals surface area contributed by atoms with E-state index < -0.39 is 0 Å². The van der Waals surface area contributed by atoms with E-state index in [0.29, 0.717) is 0 Å². The molecule has 0 nitrogen and oxygen atoms in total. The van der Waals surface area contributed by atoms with E-state index in [1.807, 2.05) is 0 Å². The second-order valence-corrected chi connectivity index (χ2v) is 6.62. The van der Waals surface area contributed by atoms with Crippen LogP contribution in [0.25, 0.3) is 11.1 Å². The summed E-state index contributed by atoms with van der Waals surface area (Å²) < 4.78 is 0. The first-order valence-corrected chi connectivity index (χ1v) is 8.55. The third-order valence-corrected chi connectivity index (χ3v) is 5.67. The van der Waals surface area contributed by atoms with Gasteiger partial charge in [0.1, 0.15) is 0 Å². The van der Waals surface area contributed by atoms with Crippen molar-refractivity contribution in [1.29, 1.82) is 0 Å². The summed E-state index contributed by atoms with van der Waals surface area (Å²) in [5.74, 6) is 0. The lowest BCUT2D eigenvalue weighted by Gasteiger charge is -2.32. The molecular formula is C24H22. The van der Waals surface area contributed by atoms with Gasteiger partial charge in [-0.1, -0.05) is 73.3 Å². The van der Waals surface area contributed by atoms with Gasteiger partial charge in [0.25, 0.3) is 0 Å². The summed E-state index contributed by atoms with van der Waals surface area (Å²) in [5.41, 5.74) is 10.7. The van der Waals surface area contributed by atoms with Crippen molar-refractivity contribution in [2.45, 2.75) is 26.2 Å². The average Bonchev–Trinajstić information content (AvgIpc) is 3.02. The standard InChI is InChI=1S/C24H22/c1-5-11-21-17(4)16(3)20(6-2)24(21)22-14-9-7-12-18(22)19-13-8-10-15-23(19)24/h5-15H,2H2,1,3-4H3/b11-5-. The maximum atomic E-state index is 4.18. The highest BCUT2D eigenvalue weighted by molar-refractivity contribution is 5.89. The molecule has 0 saturated carbocycles. The third kappa shape index (κ3) is 1.58. The molecule has 118 valence electrons. The van der Waals surface area contributed by atoms with Crippen LogP contribution in [0.1, 0.15) is 31.9 Å². The van der Waals surface area contributed by atoms with Gasteiger partial charge < -0.3 is 0 Å². The summed E-state index contributed by atoms with van der Waals surface area (Å²) in [6.07, 6.45) is 6.51. The van der Waals surface area contributed by atoms with E-state index in [2.05, 4.69) is 94.1 Å². The molecule has 0 bridgehead atoms. The molecule has 0 amide bonds. The zero-order valence-electron chi connectivity index (χ0n) is 14.6. The summed E-state index contributed by atoms with van der Waals surface area (Å²) >= 11 is 0. The molecule has 4 rings (SSSR count). The number of benzene rings is 2. The molecule has 0 N–H and O–H groups in total. The quantitative estimate of drug-likeness (QED) is 0.605. The third-order valence-electron chi connectivity index (χ3n) is 5.67. The Kier molecular flexibility index (Phi) is 3.25. The number of allylic oxidation sites excluding steroid dienone is 7. The van der Waals surface area contributed by atoms with Crippen molar-refractivity contribution in [3.05, 3.63) is 107 Å². The van der Waals surface area contributed by atoms with Gasteiger partial charge in [-0.15, -0.1) is 0 Å². The topological polar surface area (TPSA) is 0 Å². The number of hydrogen-bond acceptors (Lipinski definition) is 0. The summed E-state index contributed by atoms with van der Waals surface area (Å²) in [6.45, 7) is 10.8. The zero-order chi connectivity index (χ0) is 16.9. The normalized spacial score (nSPS) is 17.8. The van der Waals surface area contributed by atoms with E-state index in [9.17, 15) is 0 Å². The fourth-order valence-electron chi connectivity index (χ4n) is 4.65. The lowest BCUT2D eigenvalue weighted by Crippen LogP contribution is -2.27. The Bertz CT molecular complexity index is 902. The van der Waals surface area contributed by atoms with Crippen LogP contribution in [0.15, 0.2) is 95.6 Å². The molecular weight excluding hydrogens is 288 g/mol. The summed E-state index contributed by atoms with van der Waals surface area (Å²) in [6, 6.07) is 17.7. The monoisotopic (exact) mass is 310 g/mol. The molecule has 0 fully saturated rings. The molecule has 2 aliphatic rings. The van der Waals surface area contributed by atoms with Crippen molar-refractivity contribution in [2.24, 2.45) is 0 Å². The minimum Gasteiger partial charge on any atom is -0.0987 e. The molecule has 0 aromatic heterocycles. The van der Waals surface area contributed by atoms with Crippen molar-refractivity contribution in [2.75, 3.05) is 0 Å². The van der Waals surface area contributed by atoms with Crippen LogP contribution in [-0.4, -0.2) is 0 Å². The Hall–Kier alpha value is -2.60. The second kappa shape index (κ2) is 5.21. The van der Waals surface area contributed by atoms with Crippen molar-refractivity contribution in [3.8, 4) is 11.1 Å². The predicted octanol–water partition coefficient (Wildman–Crippen LogP) is 6.36. The molecule has 2 aromatic carbocycles. The number of fused-ring (bicyclic) bond motifs is 5. The molecule has 2 aromatic rings. The molecule has 0 aliphatic heterocycles. The predicted molar refractivity (Wildman–Crippen MR) is 103 cm³/mol. The first kappa shape index (κ1) is 15.0. The molecule has 1 spiro atoms. The first-order chi connectivity index (χ1) is 11.7. The Morgan fingerprint density at radius 1 is 0.792 bits per heavy atom. The fraction of sp³-hybridized carbons (Fsp3) is 0.167. The molecule has 0 radical (unpaired) electrons. The average molecular weight is 310 g/mol. The van der Waals surface area contributed by atoms with Crippen LogP contribution in [0.3, 0.4) is 0 Å². The maximum absolute atomic E-state index is 4.18. The lowest BCUT2D eigenvalue weighted by molar-refractivity contribution is 0.777. The van der Waals surface area contributed by atoms with Crippen LogP contribution < -0.4 is 0 Å². The number of rotatable bonds is 2. The lowest BCUT2D eigenvalue weighted by atomic mass is 9.68. The zero-order valence-corrected chi connectivity index (χ0v) is 14.6. The SMILES string of the molecule is C=CC1=C(C)C(C)=C(/C=C\C)C12c1ccccc1-c1ccccc12. The van der Waals surface area contributed by atoms with Crippen LogP contribution in [0.4, 0.5) is 0 Å². The van der Waals surface area contributed by atoms with Gasteiger partial charge in [0.05, 0.1) is 5.41 Å². The van der Waals surface area contributed by atoms with Gasteiger partial charge in [0.15, 0.2) is 0 Å². The highest BCUT2D eigenvalue weighted by atomic mass is 14.5. The summed E-state index contributed by atoms with van der Waals surface area (Å²) in [4.78, 5) is 0. The minimum atomic E-state index is -0.213. The van der Waals surface area contributed by atoms with E-state index in [0.717, 1.165) is 0 Å². The van der Waals surface area contributed by atoms with Gasteiger partial charge in [0, 0.05) is 0 Å². The van der Waals surface area contributed by atoms with E-state index >= 15 is 0 Å². The van der Waals surface area contributed by atoms with E-state index in [1.54, 1.807) is 0 Å². The van der Waals surface area contributed by atoms with Crippen molar-refractivity contribution in [1.82, 2.24) is 0 Å². The highest BCUT2D eigenvalue weighted by Crippen LogP contribution is 2.61. The van der Waals surface area contributed by atoms with Crippen LogP contribution in [0, 0.1) is 0 Å². The second-order valence-electron chi connectivity index (χ2n) is 6.62. The van der Waals surface area contributed by atoms with E-state index in [1.165, 1.54) is 44.5 Å². The fourth-order valence-corrected chi connectivity index (χ4v) is 4.65. The molecule has 0 heterocycles. The molecule has 2 aliphatic carbocycles. The molecule has 0 heteroatoms. The largest absolute Gasteiger partial charge is 0.0987 e. The van der Waals surface area contributed by atoms with Crippen molar-refractivity contribution in [3.63, 3.8) is 0 Å². The van der Waals surface area contributed by atoms with Crippen LogP contribution in [0.2, 0.25) is 0 Å². The highest BCUT2D eigenvalue weighted by Gasteiger charge is 2.50. The minimum absolute atomic E-state index is 0.213. The van der Waals surface area contributed by atoms with Crippen LogP contribution in [0.5, 0.6) is 0 Å². The van der Waals surface area contributed by atoms with Crippen molar-refractivity contribution < 1.29 is 0 Å². The van der Waals surface area contributed by atoms with Crippen LogP contribution >= 0.6 is 0 Å². The van der Waals surface area contributed by atoms with E-state index in [-0.39, 0.29) is 5.41 Å². The summed E-state index contributed by atoms with van der Waals surface area (Å²) in [5, 5.41) is 0.